The van der Waals surface area contributed by atoms with Crippen molar-refractivity contribution >= 4 is 46.0 Å². The van der Waals surface area contributed by atoms with Crippen molar-refractivity contribution in [2.24, 2.45) is 4.99 Å². The van der Waals surface area contributed by atoms with Crippen molar-refractivity contribution in [1.82, 2.24) is 4.57 Å². The monoisotopic (exact) mass is 772 g/mol. The van der Waals surface area contributed by atoms with E-state index in [-0.39, 0.29) is 36.3 Å². The summed E-state index contributed by atoms with van der Waals surface area (Å²) in [6.07, 6.45) is 1.64. The number of methoxy groups -OCH3 is 2. The lowest BCUT2D eigenvalue weighted by Gasteiger charge is -2.25. The van der Waals surface area contributed by atoms with Gasteiger partial charge < -0.3 is 23.7 Å². The SMILES string of the molecule is CCOC(=O)C1=C(C)N=c2s/c(=C/c3cc(I)cc(OC)c3OCc3ccc(F)cc3)c(=O)n2[C@H]1c1ccc(OC(C)C)c(OC)c1. The molecule has 12 heteroatoms. The van der Waals surface area contributed by atoms with E-state index < -0.39 is 12.0 Å². The Morgan fingerprint density at radius 3 is 2.45 bits per heavy atom. The molecule has 1 atom stereocenters. The van der Waals surface area contributed by atoms with E-state index in [1.807, 2.05) is 32.0 Å². The van der Waals surface area contributed by atoms with Gasteiger partial charge in [0.05, 0.1) is 48.8 Å². The quantitative estimate of drug-likeness (QED) is 0.138. The van der Waals surface area contributed by atoms with Crippen molar-refractivity contribution in [3.63, 3.8) is 0 Å². The van der Waals surface area contributed by atoms with Gasteiger partial charge in [0, 0.05) is 9.13 Å². The molecule has 4 aromatic rings. The molecule has 0 radical (unpaired) electrons. The van der Waals surface area contributed by atoms with Crippen LogP contribution in [0.15, 0.2) is 75.7 Å². The van der Waals surface area contributed by atoms with Crippen LogP contribution in [0.4, 0.5) is 4.39 Å². The normalized spacial score (nSPS) is 14.5. The average Bonchev–Trinajstić information content (AvgIpc) is 3.34. The van der Waals surface area contributed by atoms with Crippen LogP contribution in [-0.2, 0) is 16.1 Å². The van der Waals surface area contributed by atoms with Gasteiger partial charge in [0.15, 0.2) is 27.8 Å². The summed E-state index contributed by atoms with van der Waals surface area (Å²) in [5.41, 5.74) is 2.35. The summed E-state index contributed by atoms with van der Waals surface area (Å²) in [6, 6.07) is 14.2. The van der Waals surface area contributed by atoms with E-state index in [0.717, 1.165) is 9.13 Å². The molecule has 0 saturated heterocycles. The number of carbonyl (C=O) groups excluding carboxylic acids is 1. The minimum Gasteiger partial charge on any atom is -0.493 e. The fourth-order valence-electron chi connectivity index (χ4n) is 5.19. The molecule has 5 rings (SSSR count). The van der Waals surface area contributed by atoms with Crippen LogP contribution in [0.1, 0.15) is 50.4 Å². The fourth-order valence-corrected chi connectivity index (χ4v) is 6.85. The van der Waals surface area contributed by atoms with E-state index in [1.165, 1.54) is 35.1 Å². The molecule has 0 unspecified atom stereocenters. The van der Waals surface area contributed by atoms with Crippen molar-refractivity contribution in [1.29, 1.82) is 0 Å². The van der Waals surface area contributed by atoms with Crippen molar-refractivity contribution in [2.45, 2.75) is 46.4 Å². The Balaban J connectivity index is 1.67. The first-order valence-corrected chi connectivity index (χ1v) is 16.7. The van der Waals surface area contributed by atoms with Gasteiger partial charge in [-0.1, -0.05) is 29.5 Å². The average molecular weight is 773 g/mol. The summed E-state index contributed by atoms with van der Waals surface area (Å²) in [6.45, 7) is 7.60. The Morgan fingerprint density at radius 2 is 1.79 bits per heavy atom. The highest BCUT2D eigenvalue weighted by Crippen LogP contribution is 2.37. The molecule has 1 aliphatic rings. The minimum atomic E-state index is -0.839. The molecule has 0 amide bonds. The van der Waals surface area contributed by atoms with Gasteiger partial charge in [-0.3, -0.25) is 9.36 Å². The fraction of sp³-hybridized carbons (Fsp3) is 0.286. The maximum absolute atomic E-state index is 14.3. The molecule has 1 aliphatic heterocycles. The highest BCUT2D eigenvalue weighted by molar-refractivity contribution is 14.1. The second kappa shape index (κ2) is 14.7. The van der Waals surface area contributed by atoms with Crippen LogP contribution >= 0.6 is 33.9 Å². The Hall–Kier alpha value is -4.17. The van der Waals surface area contributed by atoms with Crippen LogP contribution in [0.3, 0.4) is 0 Å². The molecule has 0 fully saturated rings. The van der Waals surface area contributed by atoms with Gasteiger partial charge in [0.25, 0.3) is 5.56 Å². The number of hydrogen-bond donors (Lipinski definition) is 0. The highest BCUT2D eigenvalue weighted by atomic mass is 127. The van der Waals surface area contributed by atoms with E-state index in [1.54, 1.807) is 51.3 Å². The van der Waals surface area contributed by atoms with E-state index in [4.69, 9.17) is 23.7 Å². The second-order valence-electron chi connectivity index (χ2n) is 10.8. The number of hydrogen-bond acceptors (Lipinski definition) is 9. The van der Waals surface area contributed by atoms with Gasteiger partial charge in [-0.05, 0) is 104 Å². The molecule has 0 aliphatic carbocycles. The van der Waals surface area contributed by atoms with Gasteiger partial charge in [-0.2, -0.15) is 0 Å². The van der Waals surface area contributed by atoms with Gasteiger partial charge in [0.2, 0.25) is 0 Å². The van der Waals surface area contributed by atoms with Crippen LogP contribution in [0.5, 0.6) is 23.0 Å². The summed E-state index contributed by atoms with van der Waals surface area (Å²) in [5.74, 6) is 1.01. The summed E-state index contributed by atoms with van der Waals surface area (Å²) in [5, 5.41) is 0. The summed E-state index contributed by atoms with van der Waals surface area (Å²) in [4.78, 5) is 32.8. The zero-order chi connectivity index (χ0) is 33.8. The van der Waals surface area contributed by atoms with Crippen molar-refractivity contribution in [2.75, 3.05) is 20.8 Å². The number of nitrogens with zero attached hydrogens (tertiary/aromatic N) is 2. The molecule has 0 bridgehead atoms. The largest absolute Gasteiger partial charge is 0.493 e. The summed E-state index contributed by atoms with van der Waals surface area (Å²) >= 11 is 3.37. The number of halogens is 2. The van der Waals surface area contributed by atoms with Gasteiger partial charge in [0.1, 0.15) is 12.4 Å². The lowest BCUT2D eigenvalue weighted by molar-refractivity contribution is -0.139. The molecule has 0 N–H and O–H groups in total. The maximum Gasteiger partial charge on any atom is 0.338 e. The summed E-state index contributed by atoms with van der Waals surface area (Å²) < 4.78 is 45.0. The molecule has 3 aromatic carbocycles. The lowest BCUT2D eigenvalue weighted by Crippen LogP contribution is -2.40. The zero-order valence-electron chi connectivity index (χ0n) is 26.8. The molecule has 1 aromatic heterocycles. The number of allylic oxidation sites excluding steroid dienone is 1. The Kier molecular flexibility index (Phi) is 10.7. The lowest BCUT2D eigenvalue weighted by atomic mass is 9.95. The van der Waals surface area contributed by atoms with Crippen LogP contribution in [0.2, 0.25) is 0 Å². The van der Waals surface area contributed by atoms with E-state index >= 15 is 0 Å². The molecule has 2 heterocycles. The maximum atomic E-state index is 14.3. The predicted octanol–water partition coefficient (Wildman–Crippen LogP) is 5.93. The molecule has 246 valence electrons. The molecular weight excluding hydrogens is 738 g/mol. The van der Waals surface area contributed by atoms with E-state index in [9.17, 15) is 14.0 Å². The summed E-state index contributed by atoms with van der Waals surface area (Å²) in [7, 11) is 3.08. The minimum absolute atomic E-state index is 0.0890. The zero-order valence-corrected chi connectivity index (χ0v) is 29.7. The number of esters is 1. The molecule has 47 heavy (non-hydrogen) atoms. The number of aromatic nitrogens is 1. The Labute approximate surface area is 289 Å². The smallest absolute Gasteiger partial charge is 0.338 e. The topological polar surface area (TPSA) is 97.6 Å². The van der Waals surface area contributed by atoms with Crippen molar-refractivity contribution in [3.05, 3.63) is 112 Å². The molecule has 9 nitrogen and oxygen atoms in total. The van der Waals surface area contributed by atoms with Gasteiger partial charge in [-0.25, -0.2) is 14.2 Å². The molecule has 0 spiro atoms. The van der Waals surface area contributed by atoms with E-state index in [0.29, 0.717) is 49.2 Å². The third kappa shape index (κ3) is 7.38. The first kappa shape index (κ1) is 34.2. The number of ether oxygens (including phenoxy) is 5. The number of thiazole rings is 1. The number of carbonyl (C=O) groups is 1. The standard InChI is InChI=1S/C35H34FIN2O7S/c1-7-44-34(41)30-20(4)38-35-39(31(30)22-10-13-26(46-19(2)3)27(15-22)42-5)33(40)29(47-35)16-23-14-25(37)17-28(43-6)32(23)45-18-21-8-11-24(36)12-9-21/h8-17,19,31H,7,18H2,1-6H3/b29-16+/t31-/m0/s1. The molecule has 0 saturated carbocycles. The van der Waals surface area contributed by atoms with Gasteiger partial charge >= 0.3 is 5.97 Å². The third-order valence-corrected chi connectivity index (χ3v) is 8.84. The molecular formula is C35H34FIN2O7S. The number of rotatable bonds is 11. The van der Waals surface area contributed by atoms with Crippen LogP contribution in [0.25, 0.3) is 6.08 Å². The number of benzene rings is 3. The van der Waals surface area contributed by atoms with Crippen LogP contribution in [-0.4, -0.2) is 37.5 Å². The second-order valence-corrected chi connectivity index (χ2v) is 13.1. The van der Waals surface area contributed by atoms with E-state index in [2.05, 4.69) is 27.6 Å². The Morgan fingerprint density at radius 1 is 1.06 bits per heavy atom. The predicted molar refractivity (Wildman–Crippen MR) is 186 cm³/mol. The number of fused-ring (bicyclic) bond motifs is 1. The first-order valence-electron chi connectivity index (χ1n) is 14.8. The third-order valence-electron chi connectivity index (χ3n) is 7.23. The van der Waals surface area contributed by atoms with Crippen molar-refractivity contribution in [3.8, 4) is 23.0 Å². The Bertz CT molecular complexity index is 2020. The highest BCUT2D eigenvalue weighted by Gasteiger charge is 2.34. The van der Waals surface area contributed by atoms with Crippen LogP contribution < -0.4 is 33.8 Å². The van der Waals surface area contributed by atoms with Crippen molar-refractivity contribution < 1.29 is 32.9 Å². The first-order chi connectivity index (χ1) is 22.5. The van der Waals surface area contributed by atoms with Crippen LogP contribution in [0, 0.1) is 9.39 Å². The van der Waals surface area contributed by atoms with Gasteiger partial charge in [-0.15, -0.1) is 0 Å².